The second-order valence-electron chi connectivity index (χ2n) is 3.80. The summed E-state index contributed by atoms with van der Waals surface area (Å²) in [6, 6.07) is 7.05. The molecule has 112 valence electrons. The van der Waals surface area contributed by atoms with Crippen LogP contribution in [0.15, 0.2) is 29.4 Å². The van der Waals surface area contributed by atoms with Gasteiger partial charge in [-0.1, -0.05) is 25.9 Å². The van der Waals surface area contributed by atoms with Gasteiger partial charge in [0.05, 0.1) is 6.61 Å². The molecule has 0 N–H and O–H groups in total. The molecule has 0 spiro atoms. The van der Waals surface area contributed by atoms with Crippen molar-refractivity contribution in [3.05, 3.63) is 29.8 Å². The number of rotatable bonds is 7. The molecular formula is C16H25NO3. The first kappa shape index (κ1) is 18.2. The van der Waals surface area contributed by atoms with E-state index in [1.54, 1.807) is 31.2 Å². The van der Waals surface area contributed by atoms with Crippen LogP contribution in [0.1, 0.15) is 51.4 Å². The highest BCUT2D eigenvalue weighted by molar-refractivity contribution is 6.45. The second kappa shape index (κ2) is 11.0. The monoisotopic (exact) mass is 279 g/mol. The summed E-state index contributed by atoms with van der Waals surface area (Å²) in [6.45, 7) is 10.6. The van der Waals surface area contributed by atoms with Crippen LogP contribution in [0.3, 0.4) is 0 Å². The van der Waals surface area contributed by atoms with E-state index >= 15 is 0 Å². The van der Waals surface area contributed by atoms with Gasteiger partial charge in [-0.3, -0.25) is 4.79 Å². The maximum atomic E-state index is 11.9. The lowest BCUT2D eigenvalue weighted by atomic mass is 10.1. The Kier molecular flexibility index (Phi) is 10.0. The van der Waals surface area contributed by atoms with Crippen LogP contribution in [0.25, 0.3) is 0 Å². The molecule has 0 heterocycles. The minimum Gasteiger partial charge on any atom is -0.494 e. The third-order valence-corrected chi connectivity index (χ3v) is 2.25. The molecule has 0 fully saturated rings. The predicted molar refractivity (Wildman–Crippen MR) is 82.6 cm³/mol. The van der Waals surface area contributed by atoms with Crippen LogP contribution in [0.4, 0.5) is 0 Å². The first-order valence-corrected chi connectivity index (χ1v) is 7.13. The molecule has 0 amide bonds. The minimum atomic E-state index is -0.134. The Bertz CT molecular complexity index is 410. The van der Waals surface area contributed by atoms with E-state index in [2.05, 4.69) is 5.16 Å². The molecule has 4 heteroatoms. The molecule has 0 atom stereocenters. The van der Waals surface area contributed by atoms with E-state index in [9.17, 15) is 4.79 Å². The van der Waals surface area contributed by atoms with Gasteiger partial charge < -0.3 is 9.57 Å². The molecule has 20 heavy (non-hydrogen) atoms. The van der Waals surface area contributed by atoms with Gasteiger partial charge in [-0.05, 0) is 44.5 Å². The average Bonchev–Trinajstić information content (AvgIpc) is 2.52. The summed E-state index contributed by atoms with van der Waals surface area (Å²) in [4.78, 5) is 16.8. The fourth-order valence-electron chi connectivity index (χ4n) is 1.33. The Hall–Kier alpha value is -1.84. The Morgan fingerprint density at radius 3 is 2.25 bits per heavy atom. The van der Waals surface area contributed by atoms with Crippen LogP contribution in [0.5, 0.6) is 5.75 Å². The molecule has 1 aromatic carbocycles. The van der Waals surface area contributed by atoms with Crippen LogP contribution in [-0.4, -0.2) is 24.7 Å². The number of hydrogen-bond donors (Lipinski definition) is 0. The number of nitrogens with zero attached hydrogens (tertiary/aromatic N) is 1. The quantitative estimate of drug-likeness (QED) is 0.429. The van der Waals surface area contributed by atoms with Crippen LogP contribution >= 0.6 is 0 Å². The van der Waals surface area contributed by atoms with Crippen LogP contribution in [-0.2, 0) is 4.84 Å². The lowest BCUT2D eigenvalue weighted by Crippen LogP contribution is -2.11. The maximum absolute atomic E-state index is 11.9. The summed E-state index contributed by atoms with van der Waals surface area (Å²) in [6.07, 6.45) is 0.959. The molecule has 0 aliphatic rings. The van der Waals surface area contributed by atoms with Crippen molar-refractivity contribution < 1.29 is 14.4 Å². The van der Waals surface area contributed by atoms with Gasteiger partial charge in [-0.25, -0.2) is 0 Å². The molecule has 1 aromatic rings. The van der Waals surface area contributed by atoms with Crippen molar-refractivity contribution in [3.63, 3.8) is 0 Å². The SMILES string of the molecule is CC.CCCOc1ccc(C(=O)/C(C)=N/OCC)cc1. The number of carbonyl (C=O) groups excluding carboxylic acids is 1. The Morgan fingerprint density at radius 1 is 1.15 bits per heavy atom. The van der Waals surface area contributed by atoms with Crippen molar-refractivity contribution in [1.29, 1.82) is 0 Å². The van der Waals surface area contributed by atoms with E-state index in [1.165, 1.54) is 0 Å². The largest absolute Gasteiger partial charge is 0.494 e. The summed E-state index contributed by atoms with van der Waals surface area (Å²) < 4.78 is 5.45. The van der Waals surface area contributed by atoms with Gasteiger partial charge in [0, 0.05) is 5.56 Å². The normalized spacial score (nSPS) is 10.3. The first-order valence-electron chi connectivity index (χ1n) is 7.13. The molecule has 1 rings (SSSR count). The van der Waals surface area contributed by atoms with Crippen LogP contribution in [0.2, 0.25) is 0 Å². The van der Waals surface area contributed by atoms with Crippen molar-refractivity contribution in [1.82, 2.24) is 0 Å². The fourth-order valence-corrected chi connectivity index (χ4v) is 1.33. The topological polar surface area (TPSA) is 47.9 Å². The van der Waals surface area contributed by atoms with E-state index in [4.69, 9.17) is 9.57 Å². The number of hydrogen-bond acceptors (Lipinski definition) is 4. The van der Waals surface area contributed by atoms with Gasteiger partial charge in [0.15, 0.2) is 0 Å². The third kappa shape index (κ3) is 6.36. The Labute approximate surface area is 121 Å². The second-order valence-corrected chi connectivity index (χ2v) is 3.80. The molecule has 0 aromatic heterocycles. The summed E-state index contributed by atoms with van der Waals surface area (Å²) in [5.74, 6) is 0.637. The van der Waals surface area contributed by atoms with Crippen LogP contribution < -0.4 is 4.74 Å². The van der Waals surface area contributed by atoms with Crippen molar-refractivity contribution in [2.24, 2.45) is 5.16 Å². The zero-order valence-electron chi connectivity index (χ0n) is 13.1. The van der Waals surface area contributed by atoms with Gasteiger partial charge in [0.25, 0.3) is 0 Å². The number of ketones is 1. The maximum Gasteiger partial charge on any atom is 0.210 e. The van der Waals surface area contributed by atoms with Crippen molar-refractivity contribution >= 4 is 11.5 Å². The van der Waals surface area contributed by atoms with Gasteiger partial charge in [-0.2, -0.15) is 0 Å². The Morgan fingerprint density at radius 2 is 1.75 bits per heavy atom. The molecule has 0 aliphatic heterocycles. The molecule has 0 bridgehead atoms. The molecule has 0 unspecified atom stereocenters. The summed E-state index contributed by atoms with van der Waals surface area (Å²) in [7, 11) is 0. The van der Waals surface area contributed by atoms with Gasteiger partial charge in [0.1, 0.15) is 18.1 Å². The van der Waals surface area contributed by atoms with E-state index < -0.39 is 0 Å². The van der Waals surface area contributed by atoms with Crippen molar-refractivity contribution in [2.45, 2.75) is 41.0 Å². The van der Waals surface area contributed by atoms with E-state index in [0.717, 1.165) is 12.2 Å². The zero-order valence-corrected chi connectivity index (χ0v) is 13.1. The average molecular weight is 279 g/mol. The number of ether oxygens (including phenoxy) is 1. The molecule has 0 radical (unpaired) electrons. The molecule has 4 nitrogen and oxygen atoms in total. The smallest absolute Gasteiger partial charge is 0.210 e. The lowest BCUT2D eigenvalue weighted by molar-refractivity contribution is 0.105. The Balaban J connectivity index is 0.00000172. The van der Waals surface area contributed by atoms with Gasteiger partial charge >= 0.3 is 0 Å². The lowest BCUT2D eigenvalue weighted by Gasteiger charge is -2.05. The number of oxime groups is 1. The van der Waals surface area contributed by atoms with Gasteiger partial charge in [-0.15, -0.1) is 0 Å². The highest BCUT2D eigenvalue weighted by Gasteiger charge is 2.10. The zero-order chi connectivity index (χ0) is 15.4. The fraction of sp³-hybridized carbons (Fsp3) is 0.500. The third-order valence-electron chi connectivity index (χ3n) is 2.25. The highest BCUT2D eigenvalue weighted by atomic mass is 16.6. The first-order chi connectivity index (χ1) is 9.69. The summed E-state index contributed by atoms with van der Waals surface area (Å²) >= 11 is 0. The molecular weight excluding hydrogens is 254 g/mol. The standard InChI is InChI=1S/C14H19NO3.C2H6/c1-4-10-17-13-8-6-12(7-9-13)14(16)11(3)15-18-5-2;1-2/h6-9H,4-5,10H2,1-3H3;1-2H3/b15-11+;. The van der Waals surface area contributed by atoms with Crippen molar-refractivity contribution in [2.75, 3.05) is 13.2 Å². The molecule has 0 saturated carbocycles. The number of carbonyl (C=O) groups is 1. The van der Waals surface area contributed by atoms with E-state index in [0.29, 0.717) is 24.5 Å². The van der Waals surface area contributed by atoms with E-state index in [1.807, 2.05) is 27.7 Å². The van der Waals surface area contributed by atoms with E-state index in [-0.39, 0.29) is 5.78 Å². The molecule has 0 saturated heterocycles. The number of benzene rings is 1. The summed E-state index contributed by atoms with van der Waals surface area (Å²) in [5.41, 5.74) is 0.930. The van der Waals surface area contributed by atoms with Gasteiger partial charge in [0.2, 0.25) is 5.78 Å². The summed E-state index contributed by atoms with van der Waals surface area (Å²) in [5, 5.41) is 3.73. The van der Waals surface area contributed by atoms with Crippen LogP contribution in [0, 0.1) is 0 Å². The number of Topliss-reactive ketones (excluding diaryl/α,β-unsaturated/α-hetero) is 1. The molecule has 0 aliphatic carbocycles. The predicted octanol–water partition coefficient (Wildman–Crippen LogP) is 4.10. The van der Waals surface area contributed by atoms with Crippen molar-refractivity contribution in [3.8, 4) is 5.75 Å². The highest BCUT2D eigenvalue weighted by Crippen LogP contribution is 2.13. The minimum absolute atomic E-state index is 0.134.